The molecule has 0 N–H and O–H groups in total. The van der Waals surface area contributed by atoms with Gasteiger partial charge in [0.05, 0.1) is 0 Å². The van der Waals surface area contributed by atoms with E-state index in [9.17, 15) is 0 Å². The van der Waals surface area contributed by atoms with Crippen LogP contribution in [0, 0.1) is 0 Å². The molecule has 0 spiro atoms. The largest absolute Gasteiger partial charge is 0.456 e. The molecule has 0 fully saturated rings. The standard InChI is InChI=1S/C56H42N2O2/c1-5-13-43(14-6-1)53-37-39-55(59-53)45-25-33-51(34-26-45)57(47-17-9-3-10-18-47)49-29-21-41(22-30-49)42-23-31-50(32-24-42)58(48-19-11-4-12-20-48)52-35-27-46(28-36-52)56-40-38-54(60-56)44-15-7-2-8-16-44/h1-7,9-15,17-40H,8,16H2. The first kappa shape index (κ1) is 36.5. The van der Waals surface area contributed by atoms with E-state index in [1.54, 1.807) is 0 Å². The third-order valence-electron chi connectivity index (χ3n) is 11.0. The maximum absolute atomic E-state index is 6.31. The average molecular weight is 775 g/mol. The Hall–Kier alpha value is -7.82. The highest BCUT2D eigenvalue weighted by molar-refractivity contribution is 5.82. The minimum Gasteiger partial charge on any atom is -0.456 e. The molecule has 0 aliphatic heterocycles. The zero-order valence-electron chi connectivity index (χ0n) is 33.1. The summed E-state index contributed by atoms with van der Waals surface area (Å²) >= 11 is 0. The van der Waals surface area contributed by atoms with E-state index in [-0.39, 0.29) is 0 Å². The molecule has 9 aromatic rings. The third kappa shape index (κ3) is 7.62. The Labute approximate surface area is 351 Å². The van der Waals surface area contributed by atoms with Crippen LogP contribution in [0.1, 0.15) is 18.6 Å². The maximum Gasteiger partial charge on any atom is 0.134 e. The highest BCUT2D eigenvalue weighted by Gasteiger charge is 2.17. The number of hydrogen-bond acceptors (Lipinski definition) is 4. The Morgan fingerprint density at radius 2 is 0.633 bits per heavy atom. The fraction of sp³-hybridized carbons (Fsp3) is 0.0357. The Morgan fingerprint density at radius 3 is 1.03 bits per heavy atom. The molecule has 60 heavy (non-hydrogen) atoms. The molecule has 2 heterocycles. The summed E-state index contributed by atoms with van der Waals surface area (Å²) in [6, 6.07) is 74.3. The van der Waals surface area contributed by atoms with Crippen molar-refractivity contribution < 1.29 is 8.83 Å². The molecule has 7 aromatic carbocycles. The van der Waals surface area contributed by atoms with E-state index in [1.165, 1.54) is 5.57 Å². The van der Waals surface area contributed by atoms with Gasteiger partial charge in [-0.25, -0.2) is 0 Å². The van der Waals surface area contributed by atoms with Crippen molar-refractivity contribution in [2.45, 2.75) is 12.8 Å². The van der Waals surface area contributed by atoms with Gasteiger partial charge >= 0.3 is 0 Å². The molecule has 1 aliphatic carbocycles. The highest BCUT2D eigenvalue weighted by Crippen LogP contribution is 2.40. The van der Waals surface area contributed by atoms with Crippen molar-refractivity contribution in [3.63, 3.8) is 0 Å². The summed E-state index contributed by atoms with van der Waals surface area (Å²) in [5.74, 6) is 3.53. The molecule has 2 aromatic heterocycles. The van der Waals surface area contributed by atoms with E-state index >= 15 is 0 Å². The van der Waals surface area contributed by atoms with Gasteiger partial charge in [0, 0.05) is 50.8 Å². The van der Waals surface area contributed by atoms with E-state index in [2.05, 4.69) is 210 Å². The Balaban J connectivity index is 0.896. The van der Waals surface area contributed by atoms with E-state index in [4.69, 9.17) is 8.83 Å². The molecule has 0 saturated carbocycles. The minimum atomic E-state index is 0.844. The molecule has 0 unspecified atom stereocenters. The van der Waals surface area contributed by atoms with Crippen LogP contribution in [0.2, 0.25) is 0 Å². The first-order valence-electron chi connectivity index (χ1n) is 20.5. The molecular weight excluding hydrogens is 733 g/mol. The lowest BCUT2D eigenvalue weighted by molar-refractivity contribution is 0.564. The zero-order chi connectivity index (χ0) is 40.1. The minimum absolute atomic E-state index is 0.844. The summed E-state index contributed by atoms with van der Waals surface area (Å²) < 4.78 is 12.6. The normalized spacial score (nSPS) is 12.2. The van der Waals surface area contributed by atoms with Crippen molar-refractivity contribution in [1.82, 2.24) is 0 Å². The lowest BCUT2D eigenvalue weighted by Crippen LogP contribution is -2.10. The number of furan rings is 2. The summed E-state index contributed by atoms with van der Waals surface area (Å²) in [5.41, 5.74) is 13.2. The van der Waals surface area contributed by atoms with Crippen LogP contribution in [-0.4, -0.2) is 0 Å². The highest BCUT2D eigenvalue weighted by atomic mass is 16.3. The van der Waals surface area contributed by atoms with Gasteiger partial charge in [-0.05, 0) is 151 Å². The van der Waals surface area contributed by atoms with Crippen molar-refractivity contribution >= 4 is 39.7 Å². The summed E-state index contributed by atoms with van der Waals surface area (Å²) in [4.78, 5) is 4.58. The van der Waals surface area contributed by atoms with Crippen LogP contribution in [-0.2, 0) is 0 Å². The molecule has 288 valence electrons. The van der Waals surface area contributed by atoms with Crippen LogP contribution in [0.4, 0.5) is 34.1 Å². The Morgan fingerprint density at radius 1 is 0.300 bits per heavy atom. The first-order chi connectivity index (χ1) is 29.7. The van der Waals surface area contributed by atoms with Gasteiger partial charge in [0.25, 0.3) is 0 Å². The van der Waals surface area contributed by atoms with Crippen molar-refractivity contribution in [3.8, 4) is 45.1 Å². The number of rotatable bonds is 11. The summed E-state index contributed by atoms with van der Waals surface area (Å²) in [6.45, 7) is 0. The second-order valence-corrected chi connectivity index (χ2v) is 14.9. The second-order valence-electron chi connectivity index (χ2n) is 14.9. The van der Waals surface area contributed by atoms with Crippen LogP contribution in [0.5, 0.6) is 0 Å². The topological polar surface area (TPSA) is 32.8 Å². The molecular formula is C56H42N2O2. The van der Waals surface area contributed by atoms with Crippen LogP contribution in [0.3, 0.4) is 0 Å². The number of nitrogens with zero attached hydrogens (tertiary/aromatic N) is 2. The molecule has 4 nitrogen and oxygen atoms in total. The van der Waals surface area contributed by atoms with E-state index < -0.39 is 0 Å². The lowest BCUT2D eigenvalue weighted by Gasteiger charge is -2.26. The van der Waals surface area contributed by atoms with Gasteiger partial charge < -0.3 is 18.6 Å². The van der Waals surface area contributed by atoms with Gasteiger partial charge in [-0.1, -0.05) is 109 Å². The van der Waals surface area contributed by atoms with Crippen molar-refractivity contribution in [1.29, 1.82) is 0 Å². The molecule has 0 bridgehead atoms. The van der Waals surface area contributed by atoms with E-state index in [0.29, 0.717) is 0 Å². The Bertz CT molecular complexity index is 2870. The quantitative estimate of drug-likeness (QED) is 0.131. The maximum atomic E-state index is 6.31. The predicted octanol–water partition coefficient (Wildman–Crippen LogP) is 16.2. The summed E-state index contributed by atoms with van der Waals surface area (Å²) in [7, 11) is 0. The third-order valence-corrected chi connectivity index (χ3v) is 11.0. The number of allylic oxidation sites excluding steroid dienone is 4. The monoisotopic (exact) mass is 774 g/mol. The zero-order valence-corrected chi connectivity index (χ0v) is 33.1. The molecule has 0 amide bonds. The van der Waals surface area contributed by atoms with E-state index in [0.717, 1.165) is 97.8 Å². The predicted molar refractivity (Wildman–Crippen MR) is 248 cm³/mol. The lowest BCUT2D eigenvalue weighted by atomic mass is 10.0. The smallest absolute Gasteiger partial charge is 0.134 e. The second kappa shape index (κ2) is 16.6. The average Bonchev–Trinajstić information content (AvgIpc) is 4.04. The fourth-order valence-corrected chi connectivity index (χ4v) is 7.93. The molecule has 4 heteroatoms. The van der Waals surface area contributed by atoms with E-state index in [1.807, 2.05) is 30.3 Å². The van der Waals surface area contributed by atoms with Gasteiger partial charge in [0.15, 0.2) is 0 Å². The fourth-order valence-electron chi connectivity index (χ4n) is 7.93. The molecule has 1 aliphatic rings. The van der Waals surface area contributed by atoms with Crippen LogP contribution in [0.25, 0.3) is 50.7 Å². The van der Waals surface area contributed by atoms with Gasteiger partial charge in [0.2, 0.25) is 0 Å². The van der Waals surface area contributed by atoms with Crippen molar-refractivity contribution in [2.75, 3.05) is 9.80 Å². The molecule has 0 saturated heterocycles. The molecule has 10 rings (SSSR count). The Kier molecular flexibility index (Phi) is 10.1. The van der Waals surface area contributed by atoms with Gasteiger partial charge in [-0.15, -0.1) is 0 Å². The molecule has 0 radical (unpaired) electrons. The SMILES string of the molecule is C1=CCCC(c2ccc(-c3ccc(N(c4ccccc4)c4ccc(-c5ccc(N(c6ccccc6)c6ccc(-c7ccc(-c8ccccc8)o7)cc6)cc5)cc4)cc3)o2)=C1. The van der Waals surface area contributed by atoms with Crippen LogP contribution in [0.15, 0.2) is 239 Å². The van der Waals surface area contributed by atoms with Crippen molar-refractivity contribution in [3.05, 3.63) is 236 Å². The van der Waals surface area contributed by atoms with Crippen LogP contribution >= 0.6 is 0 Å². The number of hydrogen-bond donors (Lipinski definition) is 0. The van der Waals surface area contributed by atoms with Gasteiger partial charge in [-0.2, -0.15) is 0 Å². The first-order valence-corrected chi connectivity index (χ1v) is 20.5. The molecule has 0 atom stereocenters. The number of benzene rings is 7. The summed E-state index contributed by atoms with van der Waals surface area (Å²) in [6.07, 6.45) is 8.52. The number of anilines is 6. The van der Waals surface area contributed by atoms with Crippen molar-refractivity contribution in [2.24, 2.45) is 0 Å². The van der Waals surface area contributed by atoms with Crippen LogP contribution < -0.4 is 9.80 Å². The number of para-hydroxylation sites is 2. The van der Waals surface area contributed by atoms with Gasteiger partial charge in [0.1, 0.15) is 23.0 Å². The summed E-state index contributed by atoms with van der Waals surface area (Å²) in [5, 5.41) is 0. The van der Waals surface area contributed by atoms with Gasteiger partial charge in [-0.3, -0.25) is 0 Å².